The van der Waals surface area contributed by atoms with E-state index in [0.29, 0.717) is 6.04 Å². The Morgan fingerprint density at radius 1 is 1.30 bits per heavy atom. The van der Waals surface area contributed by atoms with Crippen LogP contribution >= 0.6 is 11.3 Å². The fourth-order valence-electron chi connectivity index (χ4n) is 3.70. The average Bonchev–Trinajstić information content (AvgIpc) is 3.53. The maximum Gasteiger partial charge on any atom is 0.194 e. The summed E-state index contributed by atoms with van der Waals surface area (Å²) in [4.78, 5) is 10.4. The topological polar surface area (TPSA) is 75.0 Å². The molecule has 0 aliphatic carbocycles. The second-order valence-corrected chi connectivity index (χ2v) is 7.75. The van der Waals surface area contributed by atoms with E-state index in [2.05, 4.69) is 43.0 Å². The number of nitrogens with zero attached hydrogens (tertiary/aromatic N) is 3. The molecular weight excluding hydrogens is 396 g/mol. The molecule has 5 rings (SSSR count). The van der Waals surface area contributed by atoms with Crippen LogP contribution in [-0.4, -0.2) is 48.1 Å². The Labute approximate surface area is 180 Å². The monoisotopic (exact) mass is 424 g/mol. The third-order valence-electron chi connectivity index (χ3n) is 5.08. The Hall–Kier alpha value is -2.68. The Kier molecular flexibility index (Phi) is 6.47. The van der Waals surface area contributed by atoms with Crippen molar-refractivity contribution in [3.05, 3.63) is 47.6 Å². The third-order valence-corrected chi connectivity index (χ3v) is 5.84. The summed E-state index contributed by atoms with van der Waals surface area (Å²) in [6.07, 6.45) is 6.91. The van der Waals surface area contributed by atoms with Crippen LogP contribution in [0.25, 0.3) is 21.9 Å². The number of rotatable bonds is 5. The van der Waals surface area contributed by atoms with Gasteiger partial charge in [0, 0.05) is 35.9 Å². The fraction of sp³-hybridized carbons (Fsp3) is 0.364. The van der Waals surface area contributed by atoms with E-state index in [-0.39, 0.29) is 6.29 Å². The maximum absolute atomic E-state index is 5.41. The van der Waals surface area contributed by atoms with Crippen LogP contribution in [0.4, 0.5) is 0 Å². The molecule has 3 aromatic rings. The Bertz CT molecular complexity index is 1050. The molecule has 1 saturated heterocycles. The highest BCUT2D eigenvalue weighted by atomic mass is 32.1. The molecular formula is C22H28N6OS. The molecule has 0 radical (unpaired) electrons. The Balaban J connectivity index is 0.00000106. The average molecular weight is 425 g/mol. The minimum Gasteiger partial charge on any atom is -0.497 e. The van der Waals surface area contributed by atoms with E-state index >= 15 is 0 Å². The number of benzene rings is 1. The lowest BCUT2D eigenvalue weighted by molar-refractivity contribution is 0.415. The van der Waals surface area contributed by atoms with Gasteiger partial charge >= 0.3 is 0 Å². The zero-order valence-electron chi connectivity index (χ0n) is 17.6. The number of allylic oxidation sites excluding steroid dienone is 1. The zero-order chi connectivity index (χ0) is 20.9. The first-order valence-corrected chi connectivity index (χ1v) is 11.3. The molecule has 0 bridgehead atoms. The summed E-state index contributed by atoms with van der Waals surface area (Å²) in [7, 11) is 1.68. The minimum absolute atomic E-state index is 0.146. The van der Waals surface area contributed by atoms with Gasteiger partial charge in [-0.05, 0) is 31.2 Å². The van der Waals surface area contributed by atoms with Crippen LogP contribution in [0.15, 0.2) is 46.9 Å². The predicted molar refractivity (Wildman–Crippen MR) is 124 cm³/mol. The lowest BCUT2D eigenvalue weighted by Crippen LogP contribution is -2.47. The third kappa shape index (κ3) is 4.12. The van der Waals surface area contributed by atoms with Gasteiger partial charge in [-0.15, -0.1) is 11.3 Å². The van der Waals surface area contributed by atoms with E-state index in [9.17, 15) is 0 Å². The first-order valence-electron chi connectivity index (χ1n) is 10.4. The standard InChI is InChI=1S/C20H22N6OS.C2H6/c1-27-15-4-2-3-13(11-15)17-18(26-9-10-28-20(26)25-17)16-6-8-22-19(24-16)23-14-5-7-21-12-14;1-2/h2-4,6,8-11,14,19,21,23-24H,5,7,12H2,1H3;1-2H3/t14-,19?;/m1./s1. The summed E-state index contributed by atoms with van der Waals surface area (Å²) < 4.78 is 7.54. The highest BCUT2D eigenvalue weighted by Crippen LogP contribution is 2.32. The van der Waals surface area contributed by atoms with Crippen molar-refractivity contribution in [3.63, 3.8) is 0 Å². The van der Waals surface area contributed by atoms with Crippen LogP contribution in [0.5, 0.6) is 5.75 Å². The Morgan fingerprint density at radius 3 is 3.00 bits per heavy atom. The highest BCUT2D eigenvalue weighted by Gasteiger charge is 2.24. The predicted octanol–water partition coefficient (Wildman–Crippen LogP) is 3.35. The van der Waals surface area contributed by atoms with Crippen LogP contribution in [0, 0.1) is 0 Å². The van der Waals surface area contributed by atoms with Gasteiger partial charge in [-0.25, -0.2) is 4.98 Å². The van der Waals surface area contributed by atoms with E-state index in [1.54, 1.807) is 18.4 Å². The van der Waals surface area contributed by atoms with Gasteiger partial charge in [0.25, 0.3) is 0 Å². The van der Waals surface area contributed by atoms with Gasteiger partial charge in [-0.1, -0.05) is 26.0 Å². The van der Waals surface area contributed by atoms with Gasteiger partial charge in [-0.2, -0.15) is 0 Å². The smallest absolute Gasteiger partial charge is 0.194 e. The van der Waals surface area contributed by atoms with Crippen molar-refractivity contribution in [2.24, 2.45) is 4.99 Å². The van der Waals surface area contributed by atoms with Crippen molar-refractivity contribution in [2.45, 2.75) is 32.6 Å². The van der Waals surface area contributed by atoms with Crippen LogP contribution < -0.4 is 20.7 Å². The molecule has 3 N–H and O–H groups in total. The molecule has 1 fully saturated rings. The van der Waals surface area contributed by atoms with Gasteiger partial charge in [0.05, 0.1) is 24.2 Å². The minimum atomic E-state index is -0.146. The summed E-state index contributed by atoms with van der Waals surface area (Å²) >= 11 is 1.63. The van der Waals surface area contributed by atoms with E-state index in [1.165, 1.54) is 0 Å². The molecule has 1 unspecified atom stereocenters. The fourth-order valence-corrected chi connectivity index (χ4v) is 4.42. The SMILES string of the molecule is CC.COc1cccc(-c2nc3sccn3c2C2=CC=NC(N[C@@H]3CCNC3)N2)c1. The number of hydrogen-bond donors (Lipinski definition) is 3. The molecule has 8 heteroatoms. The second kappa shape index (κ2) is 9.42. The molecule has 4 heterocycles. The number of methoxy groups -OCH3 is 1. The number of thiazole rings is 1. The lowest BCUT2D eigenvalue weighted by Gasteiger charge is -2.25. The second-order valence-electron chi connectivity index (χ2n) is 6.88. The molecule has 2 aliphatic rings. The van der Waals surface area contributed by atoms with Gasteiger partial charge in [0.1, 0.15) is 5.75 Å². The Morgan fingerprint density at radius 2 is 2.20 bits per heavy atom. The number of nitrogens with one attached hydrogen (secondary N) is 3. The summed E-state index contributed by atoms with van der Waals surface area (Å²) in [5.74, 6) is 0.820. The molecule has 0 spiro atoms. The van der Waals surface area contributed by atoms with Crippen molar-refractivity contribution in [1.82, 2.24) is 25.3 Å². The highest BCUT2D eigenvalue weighted by molar-refractivity contribution is 7.15. The van der Waals surface area contributed by atoms with Gasteiger partial charge in [0.15, 0.2) is 11.3 Å². The maximum atomic E-state index is 5.41. The first kappa shape index (κ1) is 20.6. The van der Waals surface area contributed by atoms with E-state index in [0.717, 1.165) is 52.9 Å². The van der Waals surface area contributed by atoms with Crippen LogP contribution in [0.1, 0.15) is 26.0 Å². The summed E-state index contributed by atoms with van der Waals surface area (Å²) in [5.41, 5.74) is 4.00. The number of ether oxygens (including phenoxy) is 1. The zero-order valence-corrected chi connectivity index (χ0v) is 18.4. The quantitative estimate of drug-likeness (QED) is 0.586. The van der Waals surface area contributed by atoms with Crippen LogP contribution in [0.3, 0.4) is 0 Å². The van der Waals surface area contributed by atoms with E-state index < -0.39 is 0 Å². The van der Waals surface area contributed by atoms with Crippen molar-refractivity contribution >= 4 is 28.2 Å². The number of aliphatic imine (C=N–C) groups is 1. The van der Waals surface area contributed by atoms with Crippen LogP contribution in [0.2, 0.25) is 0 Å². The molecule has 2 aromatic heterocycles. The number of imidazole rings is 1. The lowest BCUT2D eigenvalue weighted by atomic mass is 10.1. The van der Waals surface area contributed by atoms with Crippen molar-refractivity contribution in [2.75, 3.05) is 20.2 Å². The molecule has 158 valence electrons. The number of fused-ring (bicyclic) bond motifs is 1. The van der Waals surface area contributed by atoms with Crippen molar-refractivity contribution in [3.8, 4) is 17.0 Å². The number of aromatic nitrogens is 2. The first-order chi connectivity index (χ1) is 14.8. The largest absolute Gasteiger partial charge is 0.497 e. The molecule has 2 aliphatic heterocycles. The molecule has 0 amide bonds. The molecule has 2 atom stereocenters. The molecule has 0 saturated carbocycles. The van der Waals surface area contributed by atoms with Gasteiger partial charge < -0.3 is 15.4 Å². The van der Waals surface area contributed by atoms with Gasteiger partial charge in [-0.3, -0.25) is 14.7 Å². The van der Waals surface area contributed by atoms with Gasteiger partial charge in [0.2, 0.25) is 0 Å². The van der Waals surface area contributed by atoms with Crippen LogP contribution in [-0.2, 0) is 0 Å². The summed E-state index contributed by atoms with van der Waals surface area (Å²) in [6, 6.07) is 8.46. The number of hydrogen-bond acceptors (Lipinski definition) is 7. The molecule has 7 nitrogen and oxygen atoms in total. The van der Waals surface area contributed by atoms with Crippen molar-refractivity contribution < 1.29 is 4.74 Å². The molecule has 30 heavy (non-hydrogen) atoms. The molecule has 1 aromatic carbocycles. The summed E-state index contributed by atoms with van der Waals surface area (Å²) in [6.45, 7) is 6.03. The normalized spacial score (nSPS) is 20.4. The van der Waals surface area contributed by atoms with E-state index in [4.69, 9.17) is 9.72 Å². The van der Waals surface area contributed by atoms with Crippen molar-refractivity contribution in [1.29, 1.82) is 0 Å². The van der Waals surface area contributed by atoms with E-state index in [1.807, 2.05) is 44.3 Å². The summed E-state index contributed by atoms with van der Waals surface area (Å²) in [5, 5.41) is 12.5.